The molecule has 32 heavy (non-hydrogen) atoms. The van der Waals surface area contributed by atoms with Crippen LogP contribution in [0.4, 0.5) is 0 Å². The number of hydrogen-bond donors (Lipinski definition) is 2. The molecule has 2 heterocycles. The molecule has 6 nitrogen and oxygen atoms in total. The Labute approximate surface area is 194 Å². The fraction of sp³-hybridized carbons (Fsp3) is 0.480. The van der Waals surface area contributed by atoms with Crippen molar-refractivity contribution in [3.05, 3.63) is 57.8 Å². The highest BCUT2D eigenvalue weighted by Crippen LogP contribution is 2.24. The summed E-state index contributed by atoms with van der Waals surface area (Å²) in [6, 6.07) is 10.5. The highest BCUT2D eigenvalue weighted by molar-refractivity contribution is 7.12. The Kier molecular flexibility index (Phi) is 8.07. The van der Waals surface area contributed by atoms with Crippen molar-refractivity contribution >= 4 is 29.1 Å². The number of nitrogens with zero attached hydrogens (tertiary/aromatic N) is 1. The van der Waals surface area contributed by atoms with Gasteiger partial charge in [-0.2, -0.15) is 0 Å². The topological polar surface area (TPSA) is 78.5 Å². The highest BCUT2D eigenvalue weighted by atomic mass is 32.1. The van der Waals surface area contributed by atoms with Crippen LogP contribution in [-0.2, 0) is 4.79 Å². The largest absolute Gasteiger partial charge is 0.352 e. The Morgan fingerprint density at radius 2 is 1.69 bits per heavy atom. The van der Waals surface area contributed by atoms with Crippen LogP contribution in [0.2, 0.25) is 0 Å². The molecule has 1 aromatic carbocycles. The minimum atomic E-state index is -0.637. The molecule has 2 atom stereocenters. The number of hydrogen-bond acceptors (Lipinski definition) is 4. The predicted octanol–water partition coefficient (Wildman–Crippen LogP) is 3.87. The van der Waals surface area contributed by atoms with Gasteiger partial charge >= 0.3 is 0 Å². The molecule has 0 bridgehead atoms. The predicted molar refractivity (Wildman–Crippen MR) is 128 cm³/mol. The van der Waals surface area contributed by atoms with Crippen molar-refractivity contribution in [2.75, 3.05) is 13.1 Å². The SMILES string of the molecule is Cc1ccccc1C(=O)NC(C(=O)NC(C)C(C)C)C1CCN(C(=O)c2cccs2)CC1. The van der Waals surface area contributed by atoms with E-state index in [0.29, 0.717) is 31.5 Å². The van der Waals surface area contributed by atoms with Crippen LogP contribution in [0, 0.1) is 18.8 Å². The van der Waals surface area contributed by atoms with Gasteiger partial charge in [0.15, 0.2) is 0 Å². The van der Waals surface area contributed by atoms with Crippen molar-refractivity contribution in [1.29, 1.82) is 0 Å². The number of carbonyl (C=O) groups excluding carboxylic acids is 3. The first-order valence-electron chi connectivity index (χ1n) is 11.3. The molecule has 3 amide bonds. The fourth-order valence-corrected chi connectivity index (χ4v) is 4.61. The van der Waals surface area contributed by atoms with E-state index in [4.69, 9.17) is 0 Å². The van der Waals surface area contributed by atoms with Crippen LogP contribution in [0.25, 0.3) is 0 Å². The molecule has 1 aliphatic heterocycles. The normalized spacial score (nSPS) is 16.5. The minimum Gasteiger partial charge on any atom is -0.352 e. The second kappa shape index (κ2) is 10.8. The first-order valence-corrected chi connectivity index (χ1v) is 12.2. The molecule has 2 N–H and O–H groups in total. The number of rotatable bonds is 7. The lowest BCUT2D eigenvalue weighted by molar-refractivity contribution is -0.125. The van der Waals surface area contributed by atoms with Gasteiger partial charge in [-0.1, -0.05) is 38.1 Å². The Morgan fingerprint density at radius 3 is 2.28 bits per heavy atom. The van der Waals surface area contributed by atoms with Gasteiger partial charge in [-0.05, 0) is 61.6 Å². The summed E-state index contributed by atoms with van der Waals surface area (Å²) < 4.78 is 0. The van der Waals surface area contributed by atoms with Gasteiger partial charge < -0.3 is 15.5 Å². The summed E-state index contributed by atoms with van der Waals surface area (Å²) in [4.78, 5) is 41.5. The van der Waals surface area contributed by atoms with Gasteiger partial charge in [-0.15, -0.1) is 11.3 Å². The second-order valence-electron chi connectivity index (χ2n) is 8.91. The van der Waals surface area contributed by atoms with Crippen LogP contribution in [0.15, 0.2) is 41.8 Å². The van der Waals surface area contributed by atoms with Crippen molar-refractivity contribution in [1.82, 2.24) is 15.5 Å². The van der Waals surface area contributed by atoms with E-state index < -0.39 is 6.04 Å². The van der Waals surface area contributed by atoms with E-state index in [1.807, 2.05) is 54.5 Å². The molecule has 2 aromatic rings. The molecular weight excluding hydrogens is 422 g/mol. The monoisotopic (exact) mass is 455 g/mol. The number of likely N-dealkylation sites (tertiary alicyclic amines) is 1. The lowest BCUT2D eigenvalue weighted by Crippen LogP contribution is -2.55. The molecule has 172 valence electrons. The van der Waals surface area contributed by atoms with Crippen molar-refractivity contribution < 1.29 is 14.4 Å². The summed E-state index contributed by atoms with van der Waals surface area (Å²) in [5, 5.41) is 7.98. The van der Waals surface area contributed by atoms with Gasteiger partial charge in [0.1, 0.15) is 6.04 Å². The van der Waals surface area contributed by atoms with E-state index in [1.165, 1.54) is 11.3 Å². The molecule has 3 rings (SSSR count). The first-order chi connectivity index (χ1) is 15.3. The first kappa shape index (κ1) is 24.0. The maximum atomic E-state index is 13.2. The Balaban J connectivity index is 1.72. The van der Waals surface area contributed by atoms with Gasteiger partial charge in [0.05, 0.1) is 4.88 Å². The van der Waals surface area contributed by atoms with Gasteiger partial charge in [0.25, 0.3) is 11.8 Å². The number of aryl methyl sites for hydroxylation is 1. The van der Waals surface area contributed by atoms with Crippen LogP contribution < -0.4 is 10.6 Å². The average Bonchev–Trinajstić information content (AvgIpc) is 3.32. The van der Waals surface area contributed by atoms with Crippen LogP contribution in [0.5, 0.6) is 0 Å². The molecule has 7 heteroatoms. The van der Waals surface area contributed by atoms with Crippen LogP contribution in [-0.4, -0.2) is 47.8 Å². The molecule has 2 unspecified atom stereocenters. The number of amides is 3. The third-order valence-corrected chi connectivity index (χ3v) is 7.22. The summed E-state index contributed by atoms with van der Waals surface area (Å²) in [6.07, 6.45) is 1.33. The molecule has 1 aromatic heterocycles. The highest BCUT2D eigenvalue weighted by Gasteiger charge is 2.35. The Morgan fingerprint density at radius 1 is 1.00 bits per heavy atom. The quantitative estimate of drug-likeness (QED) is 0.665. The summed E-state index contributed by atoms with van der Waals surface area (Å²) in [7, 11) is 0. The zero-order valence-corrected chi connectivity index (χ0v) is 20.1. The van der Waals surface area contributed by atoms with Gasteiger partial charge in [0, 0.05) is 24.7 Å². The van der Waals surface area contributed by atoms with E-state index in [9.17, 15) is 14.4 Å². The third-order valence-electron chi connectivity index (χ3n) is 6.36. The molecular formula is C25H33N3O3S. The third kappa shape index (κ3) is 5.76. The summed E-state index contributed by atoms with van der Waals surface area (Å²) in [6.45, 7) is 9.13. The van der Waals surface area contributed by atoms with Crippen LogP contribution in [0.3, 0.4) is 0 Å². The zero-order chi connectivity index (χ0) is 23.3. The van der Waals surface area contributed by atoms with Gasteiger partial charge in [-0.3, -0.25) is 14.4 Å². The average molecular weight is 456 g/mol. The molecule has 1 fully saturated rings. The molecule has 0 aliphatic carbocycles. The molecule has 1 aliphatic rings. The van der Waals surface area contributed by atoms with Crippen molar-refractivity contribution in [2.45, 2.75) is 52.6 Å². The second-order valence-corrected chi connectivity index (χ2v) is 9.86. The lowest BCUT2D eigenvalue weighted by Gasteiger charge is -2.36. The number of benzene rings is 1. The summed E-state index contributed by atoms with van der Waals surface area (Å²) in [5.41, 5.74) is 1.45. The zero-order valence-electron chi connectivity index (χ0n) is 19.3. The number of thiophene rings is 1. The van der Waals surface area contributed by atoms with Crippen LogP contribution in [0.1, 0.15) is 59.2 Å². The van der Waals surface area contributed by atoms with Gasteiger partial charge in [0.2, 0.25) is 5.91 Å². The lowest BCUT2D eigenvalue weighted by atomic mass is 9.88. The maximum absolute atomic E-state index is 13.2. The van der Waals surface area contributed by atoms with E-state index in [0.717, 1.165) is 10.4 Å². The van der Waals surface area contributed by atoms with Crippen molar-refractivity contribution in [2.24, 2.45) is 11.8 Å². The van der Waals surface area contributed by atoms with E-state index in [1.54, 1.807) is 6.07 Å². The number of nitrogens with one attached hydrogen (secondary N) is 2. The fourth-order valence-electron chi connectivity index (χ4n) is 3.92. The maximum Gasteiger partial charge on any atom is 0.263 e. The van der Waals surface area contributed by atoms with Crippen LogP contribution >= 0.6 is 11.3 Å². The van der Waals surface area contributed by atoms with Gasteiger partial charge in [-0.25, -0.2) is 0 Å². The summed E-state index contributed by atoms with van der Waals surface area (Å²) in [5.74, 6) is -0.0998. The van der Waals surface area contributed by atoms with Crippen molar-refractivity contribution in [3.8, 4) is 0 Å². The smallest absolute Gasteiger partial charge is 0.263 e. The Hall–Kier alpha value is -2.67. The summed E-state index contributed by atoms with van der Waals surface area (Å²) >= 11 is 1.44. The van der Waals surface area contributed by atoms with Crippen molar-refractivity contribution in [3.63, 3.8) is 0 Å². The van der Waals surface area contributed by atoms with E-state index in [2.05, 4.69) is 24.5 Å². The van der Waals surface area contributed by atoms with E-state index >= 15 is 0 Å². The minimum absolute atomic E-state index is 0.000795. The molecule has 0 saturated carbocycles. The molecule has 1 saturated heterocycles. The molecule has 0 radical (unpaired) electrons. The van der Waals surface area contributed by atoms with E-state index in [-0.39, 0.29) is 35.6 Å². The Bertz CT molecular complexity index is 934. The number of piperidine rings is 1. The number of carbonyl (C=O) groups is 3. The molecule has 0 spiro atoms. The standard InChI is InChI=1S/C25H33N3O3S/c1-16(2)18(4)26-24(30)22(27-23(29)20-9-6-5-8-17(20)3)19-11-13-28(14-12-19)25(31)21-10-7-15-32-21/h5-10,15-16,18-19,22H,11-14H2,1-4H3,(H,26,30)(H,27,29).